The number of thioether (sulfide) groups is 1. The maximum Gasteiger partial charge on any atom is 0.411 e. The van der Waals surface area contributed by atoms with Crippen molar-refractivity contribution in [3.8, 4) is 0 Å². The summed E-state index contributed by atoms with van der Waals surface area (Å²) in [5.74, 6) is 0.726. The quantitative estimate of drug-likeness (QED) is 0.544. The first-order valence-corrected chi connectivity index (χ1v) is 14.0. The molecule has 3 aliphatic heterocycles. The van der Waals surface area contributed by atoms with Crippen LogP contribution in [0.15, 0.2) is 73.1 Å². The van der Waals surface area contributed by atoms with E-state index in [0.717, 1.165) is 43.9 Å². The average molecular weight is 516 g/mol. The van der Waals surface area contributed by atoms with Gasteiger partial charge in [-0.25, -0.2) is 4.79 Å². The van der Waals surface area contributed by atoms with Crippen LogP contribution in [0.1, 0.15) is 33.7 Å². The number of rotatable bonds is 5. The summed E-state index contributed by atoms with van der Waals surface area (Å²) in [6.45, 7) is 4.36. The Morgan fingerprint density at radius 2 is 1.95 bits per heavy atom. The Morgan fingerprint density at radius 3 is 2.81 bits per heavy atom. The van der Waals surface area contributed by atoms with Crippen LogP contribution in [-0.2, 0) is 11.2 Å². The number of piperazine rings is 1. The van der Waals surface area contributed by atoms with Gasteiger partial charge in [0, 0.05) is 63.6 Å². The highest BCUT2D eigenvalue weighted by Crippen LogP contribution is 2.39. The van der Waals surface area contributed by atoms with Gasteiger partial charge < -0.3 is 14.5 Å². The van der Waals surface area contributed by atoms with Gasteiger partial charge in [-0.3, -0.25) is 15.2 Å². The lowest BCUT2D eigenvalue weighted by atomic mass is 9.96. The number of carbonyl (C=O) groups excluding carboxylic acids is 1. The number of pyridine rings is 1. The summed E-state index contributed by atoms with van der Waals surface area (Å²) in [6, 6.07) is 22.0. The minimum atomic E-state index is -0.295. The molecule has 1 amide bonds. The maximum atomic E-state index is 12.8. The fraction of sp³-hybridized carbons (Fsp3) is 0.379. The normalized spacial score (nSPS) is 22.9. The first-order chi connectivity index (χ1) is 18.2. The number of carbonyl (C=O) groups is 1. The Labute approximate surface area is 222 Å². The van der Waals surface area contributed by atoms with Crippen LogP contribution in [0.25, 0.3) is 0 Å². The predicted octanol–water partition coefficient (Wildman–Crippen LogP) is 4.28. The van der Waals surface area contributed by atoms with E-state index in [4.69, 9.17) is 4.74 Å². The molecule has 2 fully saturated rings. The van der Waals surface area contributed by atoms with E-state index < -0.39 is 0 Å². The summed E-state index contributed by atoms with van der Waals surface area (Å²) in [7, 11) is 1.83. The molecular formula is C29H33N5O2S. The zero-order valence-corrected chi connectivity index (χ0v) is 21.9. The van der Waals surface area contributed by atoms with Gasteiger partial charge in [-0.15, -0.1) is 11.8 Å². The molecule has 3 aromatic rings. The summed E-state index contributed by atoms with van der Waals surface area (Å²) in [6.07, 6.45) is 4.02. The Kier molecular flexibility index (Phi) is 7.04. The van der Waals surface area contributed by atoms with Crippen LogP contribution in [0, 0.1) is 0 Å². The Bertz CT molecular complexity index is 1240. The average Bonchev–Trinajstić information content (AvgIpc) is 3.36. The summed E-state index contributed by atoms with van der Waals surface area (Å²) in [5.41, 5.74) is 6.69. The number of amides is 1. The van der Waals surface area contributed by atoms with Crippen LogP contribution in [-0.4, -0.2) is 72.6 Å². The van der Waals surface area contributed by atoms with Crippen molar-refractivity contribution in [2.45, 2.75) is 24.1 Å². The van der Waals surface area contributed by atoms with Crippen LogP contribution in [0.5, 0.6) is 0 Å². The highest BCUT2D eigenvalue weighted by molar-refractivity contribution is 7.99. The third kappa shape index (κ3) is 5.19. The van der Waals surface area contributed by atoms with Gasteiger partial charge >= 0.3 is 6.09 Å². The molecule has 1 aromatic heterocycles. The van der Waals surface area contributed by atoms with Crippen molar-refractivity contribution in [1.29, 1.82) is 0 Å². The lowest BCUT2D eigenvalue weighted by Gasteiger charge is -2.43. The number of nitrogens with one attached hydrogen (secondary N) is 1. The fourth-order valence-corrected chi connectivity index (χ4v) is 6.71. The van der Waals surface area contributed by atoms with Crippen LogP contribution < -0.4 is 10.2 Å². The van der Waals surface area contributed by atoms with E-state index in [1.807, 2.05) is 25.4 Å². The van der Waals surface area contributed by atoms with Crippen LogP contribution in [0.2, 0.25) is 0 Å². The molecule has 192 valence electrons. The van der Waals surface area contributed by atoms with Gasteiger partial charge in [-0.05, 0) is 40.8 Å². The number of para-hydroxylation sites is 1. The van der Waals surface area contributed by atoms with E-state index in [1.54, 1.807) is 22.9 Å². The molecule has 6 rings (SSSR count). The molecule has 0 aliphatic carbocycles. The number of anilines is 1. The SMILES string of the molecule is CN(CCN1CCN2c3ccccc3Cc3ccccc3C2C1)C(=O)OC1CSC(c2cccnc2)N1. The van der Waals surface area contributed by atoms with E-state index in [9.17, 15) is 4.79 Å². The Morgan fingerprint density at radius 1 is 1.11 bits per heavy atom. The van der Waals surface area contributed by atoms with E-state index >= 15 is 0 Å². The van der Waals surface area contributed by atoms with Crippen molar-refractivity contribution in [2.75, 3.05) is 50.4 Å². The number of likely N-dealkylation sites (N-methyl/N-ethyl adjacent to an activating group) is 1. The molecule has 37 heavy (non-hydrogen) atoms. The molecule has 3 unspecified atom stereocenters. The molecule has 2 aromatic carbocycles. The molecule has 0 saturated carbocycles. The molecule has 1 N–H and O–H groups in total. The Balaban J connectivity index is 1.05. The molecular weight excluding hydrogens is 482 g/mol. The fourth-order valence-electron chi connectivity index (χ4n) is 5.60. The molecule has 7 nitrogen and oxygen atoms in total. The minimum absolute atomic E-state index is 0.0979. The number of nitrogens with zero attached hydrogens (tertiary/aromatic N) is 4. The number of hydrogen-bond donors (Lipinski definition) is 1. The third-order valence-corrected chi connectivity index (χ3v) is 8.84. The number of benzene rings is 2. The van der Waals surface area contributed by atoms with Gasteiger partial charge in [0.2, 0.25) is 0 Å². The van der Waals surface area contributed by atoms with Crippen LogP contribution in [0.3, 0.4) is 0 Å². The second-order valence-electron chi connectivity index (χ2n) is 9.97. The molecule has 2 saturated heterocycles. The topological polar surface area (TPSA) is 60.9 Å². The largest absolute Gasteiger partial charge is 0.429 e. The highest BCUT2D eigenvalue weighted by Gasteiger charge is 2.34. The summed E-state index contributed by atoms with van der Waals surface area (Å²) in [5, 5.41) is 3.49. The summed E-state index contributed by atoms with van der Waals surface area (Å²) >= 11 is 1.74. The number of hydrogen-bond acceptors (Lipinski definition) is 7. The van der Waals surface area contributed by atoms with Gasteiger partial charge in [-0.1, -0.05) is 48.5 Å². The molecule has 3 atom stereocenters. The predicted molar refractivity (Wildman–Crippen MR) is 148 cm³/mol. The van der Waals surface area contributed by atoms with Crippen LogP contribution >= 0.6 is 11.8 Å². The minimum Gasteiger partial charge on any atom is -0.429 e. The van der Waals surface area contributed by atoms with Gasteiger partial charge in [-0.2, -0.15) is 0 Å². The first kappa shape index (κ1) is 24.3. The monoisotopic (exact) mass is 515 g/mol. The summed E-state index contributed by atoms with van der Waals surface area (Å²) < 4.78 is 5.76. The molecule has 4 heterocycles. The zero-order chi connectivity index (χ0) is 25.2. The van der Waals surface area contributed by atoms with E-state index in [1.165, 1.54) is 22.4 Å². The molecule has 0 radical (unpaired) electrons. The van der Waals surface area contributed by atoms with Gasteiger partial charge in [0.15, 0.2) is 6.23 Å². The van der Waals surface area contributed by atoms with Crippen molar-refractivity contribution in [3.05, 3.63) is 95.3 Å². The van der Waals surface area contributed by atoms with Crippen molar-refractivity contribution in [1.82, 2.24) is 20.1 Å². The van der Waals surface area contributed by atoms with E-state index in [2.05, 4.69) is 68.6 Å². The number of fused-ring (bicyclic) bond motifs is 5. The molecule has 0 bridgehead atoms. The zero-order valence-electron chi connectivity index (χ0n) is 21.1. The second-order valence-corrected chi connectivity index (χ2v) is 11.1. The van der Waals surface area contributed by atoms with Gasteiger partial charge in [0.05, 0.1) is 11.4 Å². The molecule has 0 spiro atoms. The van der Waals surface area contributed by atoms with Gasteiger partial charge in [0.1, 0.15) is 0 Å². The van der Waals surface area contributed by atoms with Crippen molar-refractivity contribution in [2.24, 2.45) is 0 Å². The smallest absolute Gasteiger partial charge is 0.411 e. The molecule has 8 heteroatoms. The molecule has 3 aliphatic rings. The lowest BCUT2D eigenvalue weighted by Crippen LogP contribution is -2.50. The van der Waals surface area contributed by atoms with Crippen molar-refractivity contribution in [3.63, 3.8) is 0 Å². The number of aromatic nitrogens is 1. The number of ether oxygens (including phenoxy) is 1. The maximum absolute atomic E-state index is 12.8. The van der Waals surface area contributed by atoms with E-state index in [-0.39, 0.29) is 17.7 Å². The summed E-state index contributed by atoms with van der Waals surface area (Å²) in [4.78, 5) is 23.8. The van der Waals surface area contributed by atoms with E-state index in [0.29, 0.717) is 12.6 Å². The van der Waals surface area contributed by atoms with Crippen LogP contribution in [0.4, 0.5) is 10.5 Å². The standard InChI is InChI=1S/C29H33N5O2S/c1-32(29(35)36-27-20-37-28(31-27)23-9-6-12-30-18-23)13-14-33-15-16-34-25-11-5-3-8-22(25)17-21-7-2-4-10-24(21)26(34)19-33/h2-12,18,26-28,31H,13-17,19-20H2,1H3. The van der Waals surface area contributed by atoms with Crippen molar-refractivity contribution >= 4 is 23.5 Å². The third-order valence-electron chi connectivity index (χ3n) is 7.61. The highest BCUT2D eigenvalue weighted by atomic mass is 32.2. The second kappa shape index (κ2) is 10.7. The lowest BCUT2D eigenvalue weighted by molar-refractivity contribution is 0.0631. The first-order valence-electron chi connectivity index (χ1n) is 13.0. The Hall–Kier alpha value is -3.07. The van der Waals surface area contributed by atoms with Gasteiger partial charge in [0.25, 0.3) is 0 Å². The van der Waals surface area contributed by atoms with Crippen molar-refractivity contribution < 1.29 is 9.53 Å².